The summed E-state index contributed by atoms with van der Waals surface area (Å²) in [6.07, 6.45) is -6.32. The summed E-state index contributed by atoms with van der Waals surface area (Å²) in [6.45, 7) is 5.16. The van der Waals surface area contributed by atoms with Crippen LogP contribution in [-0.4, -0.2) is 27.1 Å². The van der Waals surface area contributed by atoms with Crippen molar-refractivity contribution in [3.05, 3.63) is 70.2 Å². The number of fused-ring (bicyclic) bond motifs is 1. The molecule has 0 aliphatic carbocycles. The normalized spacial score (nSPS) is 13.0. The van der Waals surface area contributed by atoms with Crippen molar-refractivity contribution in [2.75, 3.05) is 6.61 Å². The number of aliphatic hydroxyl groups excluding tert-OH is 1. The number of ether oxygens (including phenoxy) is 1. The van der Waals surface area contributed by atoms with E-state index in [1.54, 1.807) is 38.1 Å². The van der Waals surface area contributed by atoms with Crippen molar-refractivity contribution in [3.63, 3.8) is 0 Å². The predicted octanol–water partition coefficient (Wildman–Crippen LogP) is 4.23. The summed E-state index contributed by atoms with van der Waals surface area (Å²) in [5.41, 5.74) is -0.0145. The fourth-order valence-electron chi connectivity index (χ4n) is 3.09. The van der Waals surface area contributed by atoms with Crippen LogP contribution in [0.15, 0.2) is 36.4 Å². The van der Waals surface area contributed by atoms with Crippen LogP contribution in [-0.2, 0) is 10.9 Å². The van der Waals surface area contributed by atoms with Gasteiger partial charge in [-0.25, -0.2) is 9.78 Å². The molecule has 0 spiro atoms. The van der Waals surface area contributed by atoms with Crippen molar-refractivity contribution in [1.29, 1.82) is 0 Å². The van der Waals surface area contributed by atoms with Crippen molar-refractivity contribution in [2.24, 2.45) is 0 Å². The van der Waals surface area contributed by atoms with Crippen LogP contribution in [0.3, 0.4) is 0 Å². The van der Waals surface area contributed by atoms with E-state index in [-0.39, 0.29) is 23.5 Å². The van der Waals surface area contributed by atoms with E-state index in [9.17, 15) is 23.1 Å². The van der Waals surface area contributed by atoms with Crippen LogP contribution in [0.25, 0.3) is 5.65 Å². The molecule has 2 heterocycles. The molecular formula is C20H19F3N2O3. The molecule has 0 amide bonds. The Morgan fingerprint density at radius 3 is 2.43 bits per heavy atom. The number of imidazole rings is 1. The number of alkyl halides is 3. The topological polar surface area (TPSA) is 63.8 Å². The fourth-order valence-corrected chi connectivity index (χ4v) is 3.09. The number of aromatic nitrogens is 2. The molecule has 1 N–H and O–H groups in total. The number of rotatable bonds is 4. The molecule has 0 bridgehead atoms. The molecule has 3 rings (SSSR count). The van der Waals surface area contributed by atoms with Gasteiger partial charge in [-0.2, -0.15) is 13.2 Å². The number of carbonyl (C=O) groups is 1. The van der Waals surface area contributed by atoms with Crippen molar-refractivity contribution in [2.45, 2.75) is 33.1 Å². The van der Waals surface area contributed by atoms with E-state index in [2.05, 4.69) is 4.98 Å². The second-order valence-electron chi connectivity index (χ2n) is 6.46. The quantitative estimate of drug-likeness (QED) is 0.675. The monoisotopic (exact) mass is 392 g/mol. The highest BCUT2D eigenvalue weighted by atomic mass is 19.4. The van der Waals surface area contributed by atoms with Crippen molar-refractivity contribution >= 4 is 11.6 Å². The van der Waals surface area contributed by atoms with Gasteiger partial charge in [0.15, 0.2) is 5.69 Å². The van der Waals surface area contributed by atoms with Crippen molar-refractivity contribution in [3.8, 4) is 0 Å². The van der Waals surface area contributed by atoms with Gasteiger partial charge in [-0.15, -0.1) is 0 Å². The summed E-state index contributed by atoms with van der Waals surface area (Å²) in [7, 11) is 0. The third-order valence-corrected chi connectivity index (χ3v) is 4.37. The van der Waals surface area contributed by atoms with Crippen LogP contribution >= 0.6 is 0 Å². The highest BCUT2D eigenvalue weighted by Crippen LogP contribution is 2.37. The summed E-state index contributed by atoms with van der Waals surface area (Å²) in [4.78, 5) is 15.7. The van der Waals surface area contributed by atoms with Crippen LogP contribution < -0.4 is 0 Å². The highest BCUT2D eigenvalue weighted by Gasteiger charge is 2.40. The molecule has 1 unspecified atom stereocenters. The third kappa shape index (κ3) is 3.60. The van der Waals surface area contributed by atoms with Gasteiger partial charge in [-0.3, -0.25) is 4.40 Å². The average molecular weight is 392 g/mol. The van der Waals surface area contributed by atoms with E-state index in [0.29, 0.717) is 11.3 Å². The molecule has 8 heteroatoms. The number of nitrogens with zero attached hydrogens (tertiary/aromatic N) is 2. The maximum absolute atomic E-state index is 13.7. The SMILES string of the molecule is CCOC(=O)c1cc(C)n2c(C(O)c3ccc(C)cc3)c(C(F)(F)F)nc2c1. The molecular weight excluding hydrogens is 373 g/mol. The molecule has 0 aliphatic rings. The van der Waals surface area contributed by atoms with Crippen molar-refractivity contribution in [1.82, 2.24) is 9.38 Å². The Morgan fingerprint density at radius 2 is 1.86 bits per heavy atom. The molecule has 0 fully saturated rings. The van der Waals surface area contributed by atoms with Crippen LogP contribution in [0.2, 0.25) is 0 Å². The minimum absolute atomic E-state index is 0.0865. The lowest BCUT2D eigenvalue weighted by molar-refractivity contribution is -0.142. The lowest BCUT2D eigenvalue weighted by Crippen LogP contribution is -2.15. The van der Waals surface area contributed by atoms with Gasteiger partial charge in [-0.1, -0.05) is 29.8 Å². The molecule has 0 saturated heterocycles. The predicted molar refractivity (Wildman–Crippen MR) is 96.1 cm³/mol. The molecule has 0 aliphatic heterocycles. The first-order chi connectivity index (χ1) is 13.1. The maximum Gasteiger partial charge on any atom is 0.435 e. The van der Waals surface area contributed by atoms with E-state index in [1.807, 2.05) is 6.92 Å². The summed E-state index contributed by atoms with van der Waals surface area (Å²) >= 11 is 0. The second-order valence-corrected chi connectivity index (χ2v) is 6.46. The Hall–Kier alpha value is -2.87. The minimum atomic E-state index is -4.77. The second kappa shape index (κ2) is 7.27. The number of hydrogen-bond donors (Lipinski definition) is 1. The Bertz CT molecular complexity index is 1020. The van der Waals surface area contributed by atoms with Gasteiger partial charge in [0.25, 0.3) is 0 Å². The largest absolute Gasteiger partial charge is 0.462 e. The lowest BCUT2D eigenvalue weighted by Gasteiger charge is -2.16. The van der Waals surface area contributed by atoms with E-state index >= 15 is 0 Å². The zero-order chi connectivity index (χ0) is 20.6. The molecule has 0 radical (unpaired) electrons. The number of hydrogen-bond acceptors (Lipinski definition) is 4. The van der Waals surface area contributed by atoms with Gasteiger partial charge in [0.05, 0.1) is 17.9 Å². The summed E-state index contributed by atoms with van der Waals surface area (Å²) in [5.74, 6) is -0.648. The van der Waals surface area contributed by atoms with E-state index < -0.39 is 23.9 Å². The molecule has 28 heavy (non-hydrogen) atoms. The number of esters is 1. The molecule has 2 aromatic heterocycles. The Morgan fingerprint density at radius 1 is 1.21 bits per heavy atom. The van der Waals surface area contributed by atoms with Gasteiger partial charge in [0, 0.05) is 5.69 Å². The summed E-state index contributed by atoms with van der Waals surface area (Å²) in [6, 6.07) is 9.20. The first-order valence-electron chi connectivity index (χ1n) is 8.65. The van der Waals surface area contributed by atoms with E-state index in [4.69, 9.17) is 4.74 Å². The van der Waals surface area contributed by atoms with Gasteiger partial charge in [0.1, 0.15) is 11.8 Å². The zero-order valence-electron chi connectivity index (χ0n) is 15.5. The van der Waals surface area contributed by atoms with Crippen LogP contribution in [0.1, 0.15) is 51.6 Å². The Kier molecular flexibility index (Phi) is 5.16. The first kappa shape index (κ1) is 19.9. The Balaban J connectivity index is 2.24. The first-order valence-corrected chi connectivity index (χ1v) is 8.65. The third-order valence-electron chi connectivity index (χ3n) is 4.37. The summed E-state index contributed by atoms with van der Waals surface area (Å²) in [5, 5.41) is 10.7. The van der Waals surface area contributed by atoms with Gasteiger partial charge < -0.3 is 9.84 Å². The lowest BCUT2D eigenvalue weighted by atomic mass is 10.0. The zero-order valence-corrected chi connectivity index (χ0v) is 15.5. The fraction of sp³-hybridized carbons (Fsp3) is 0.300. The molecule has 3 aromatic rings. The molecule has 0 saturated carbocycles. The number of halogens is 3. The minimum Gasteiger partial charge on any atom is -0.462 e. The van der Waals surface area contributed by atoms with Gasteiger partial charge in [0.2, 0.25) is 0 Å². The highest BCUT2D eigenvalue weighted by molar-refractivity contribution is 5.90. The van der Waals surface area contributed by atoms with Crippen molar-refractivity contribution < 1.29 is 27.8 Å². The van der Waals surface area contributed by atoms with Crippen LogP contribution in [0.4, 0.5) is 13.2 Å². The number of aliphatic hydroxyl groups is 1. The van der Waals surface area contributed by atoms with Gasteiger partial charge >= 0.3 is 12.1 Å². The van der Waals surface area contributed by atoms with Gasteiger partial charge in [-0.05, 0) is 38.5 Å². The molecule has 1 atom stereocenters. The smallest absolute Gasteiger partial charge is 0.435 e. The number of benzene rings is 1. The number of pyridine rings is 1. The number of aryl methyl sites for hydroxylation is 2. The van der Waals surface area contributed by atoms with E-state index in [1.165, 1.54) is 16.5 Å². The maximum atomic E-state index is 13.7. The Labute approximate surface area is 159 Å². The summed E-state index contributed by atoms with van der Waals surface area (Å²) < 4.78 is 47.1. The van der Waals surface area contributed by atoms with E-state index in [0.717, 1.165) is 5.56 Å². The standard InChI is InChI=1S/C20H19F3N2O3/c1-4-28-19(27)14-9-12(3)25-15(10-14)24-18(20(21,22)23)16(25)17(26)13-7-5-11(2)6-8-13/h5-10,17,26H,4H2,1-3H3. The van der Waals surface area contributed by atoms with Crippen LogP contribution in [0, 0.1) is 13.8 Å². The van der Waals surface area contributed by atoms with Crippen LogP contribution in [0.5, 0.6) is 0 Å². The average Bonchev–Trinajstić information content (AvgIpc) is 3.02. The molecule has 5 nitrogen and oxygen atoms in total. The molecule has 148 valence electrons. The molecule has 1 aromatic carbocycles. The number of carbonyl (C=O) groups excluding carboxylic acids is 1.